The maximum atomic E-state index is 12.0. The van der Waals surface area contributed by atoms with Crippen LogP contribution in [0.1, 0.15) is 37.7 Å². The Labute approximate surface area is 125 Å². The smallest absolute Gasteiger partial charge is 0.223 e. The average Bonchev–Trinajstić information content (AvgIpc) is 2.46. The van der Waals surface area contributed by atoms with Gasteiger partial charge in [-0.15, -0.1) is 0 Å². The van der Waals surface area contributed by atoms with Crippen molar-refractivity contribution < 1.29 is 4.79 Å². The number of rotatable bonds is 3. The number of nitrogens with zero attached hydrogens (tertiary/aromatic N) is 2. The second-order valence-electron chi connectivity index (χ2n) is 6.06. The average molecular weight is 283 g/mol. The SMILES string of the molecule is N#Cc1ccc(N2CCC(NC(=O)C3CCC3)CC2)cc1. The molecule has 2 fully saturated rings. The maximum absolute atomic E-state index is 12.0. The van der Waals surface area contributed by atoms with Gasteiger partial charge in [0, 0.05) is 30.7 Å². The van der Waals surface area contributed by atoms with E-state index >= 15 is 0 Å². The third-order valence-electron chi connectivity index (χ3n) is 4.68. The Morgan fingerprint density at radius 2 is 1.81 bits per heavy atom. The van der Waals surface area contributed by atoms with Crippen LogP contribution in [0.4, 0.5) is 5.69 Å². The van der Waals surface area contributed by atoms with Crippen molar-refractivity contribution >= 4 is 11.6 Å². The molecule has 1 saturated heterocycles. The largest absolute Gasteiger partial charge is 0.371 e. The quantitative estimate of drug-likeness (QED) is 0.927. The van der Waals surface area contributed by atoms with Gasteiger partial charge in [0.2, 0.25) is 5.91 Å². The lowest BCUT2D eigenvalue weighted by molar-refractivity contribution is -0.128. The highest BCUT2D eigenvalue weighted by atomic mass is 16.2. The van der Waals surface area contributed by atoms with E-state index in [1.165, 1.54) is 6.42 Å². The summed E-state index contributed by atoms with van der Waals surface area (Å²) in [4.78, 5) is 14.3. The molecule has 21 heavy (non-hydrogen) atoms. The first kappa shape index (κ1) is 13.9. The Hall–Kier alpha value is -2.02. The fourth-order valence-corrected chi connectivity index (χ4v) is 3.02. The summed E-state index contributed by atoms with van der Waals surface area (Å²) in [7, 11) is 0. The van der Waals surface area contributed by atoms with E-state index in [1.807, 2.05) is 24.3 Å². The molecule has 0 bridgehead atoms. The zero-order valence-electron chi connectivity index (χ0n) is 12.2. The normalized spacial score (nSPS) is 19.7. The van der Waals surface area contributed by atoms with Gasteiger partial charge in [0.25, 0.3) is 0 Å². The number of carbonyl (C=O) groups is 1. The highest BCUT2D eigenvalue weighted by Crippen LogP contribution is 2.27. The van der Waals surface area contributed by atoms with E-state index in [4.69, 9.17) is 5.26 Å². The Kier molecular flexibility index (Phi) is 4.10. The van der Waals surface area contributed by atoms with Gasteiger partial charge in [-0.2, -0.15) is 5.26 Å². The molecule has 0 radical (unpaired) electrons. The van der Waals surface area contributed by atoms with Gasteiger partial charge in [-0.25, -0.2) is 0 Å². The van der Waals surface area contributed by atoms with Crippen LogP contribution in [0.15, 0.2) is 24.3 Å². The first-order valence-electron chi connectivity index (χ1n) is 7.82. The summed E-state index contributed by atoms with van der Waals surface area (Å²) in [6.07, 6.45) is 5.33. The van der Waals surface area contributed by atoms with Gasteiger partial charge in [-0.1, -0.05) is 6.42 Å². The first-order chi connectivity index (χ1) is 10.3. The molecule has 4 heteroatoms. The van der Waals surface area contributed by atoms with Gasteiger partial charge in [-0.05, 0) is 49.9 Å². The maximum Gasteiger partial charge on any atom is 0.223 e. The van der Waals surface area contributed by atoms with Gasteiger partial charge >= 0.3 is 0 Å². The lowest BCUT2D eigenvalue weighted by Crippen LogP contribution is -2.47. The lowest BCUT2D eigenvalue weighted by Gasteiger charge is -2.35. The Bertz CT molecular complexity index is 534. The lowest BCUT2D eigenvalue weighted by atomic mass is 9.84. The van der Waals surface area contributed by atoms with Crippen LogP contribution >= 0.6 is 0 Å². The molecule has 4 nitrogen and oxygen atoms in total. The van der Waals surface area contributed by atoms with Crippen LogP contribution < -0.4 is 10.2 Å². The molecule has 0 aromatic heterocycles. The number of anilines is 1. The van der Waals surface area contributed by atoms with E-state index in [0.717, 1.165) is 44.5 Å². The number of nitrogens with one attached hydrogen (secondary N) is 1. The summed E-state index contributed by atoms with van der Waals surface area (Å²) < 4.78 is 0. The summed E-state index contributed by atoms with van der Waals surface area (Å²) in [5, 5.41) is 12.0. The molecule has 1 saturated carbocycles. The number of amides is 1. The molecule has 1 aromatic carbocycles. The Balaban J connectivity index is 1.50. The number of hydrogen-bond acceptors (Lipinski definition) is 3. The van der Waals surface area contributed by atoms with Crippen LogP contribution in [0.25, 0.3) is 0 Å². The molecule has 110 valence electrons. The molecule has 0 unspecified atom stereocenters. The summed E-state index contributed by atoms with van der Waals surface area (Å²) in [6, 6.07) is 10.2. The molecule has 0 spiro atoms. The summed E-state index contributed by atoms with van der Waals surface area (Å²) >= 11 is 0. The van der Waals surface area contributed by atoms with Crippen LogP contribution in [0.3, 0.4) is 0 Å². The number of nitriles is 1. The molecule has 0 atom stereocenters. The molecule has 1 aliphatic carbocycles. The number of piperidine rings is 1. The Morgan fingerprint density at radius 1 is 1.14 bits per heavy atom. The van der Waals surface area contributed by atoms with Crippen LogP contribution in [0, 0.1) is 17.2 Å². The number of benzene rings is 1. The van der Waals surface area contributed by atoms with Crippen molar-refractivity contribution in [3.63, 3.8) is 0 Å². The van der Waals surface area contributed by atoms with E-state index in [2.05, 4.69) is 16.3 Å². The van der Waals surface area contributed by atoms with Crippen LogP contribution in [0.2, 0.25) is 0 Å². The molecular weight excluding hydrogens is 262 g/mol. The third kappa shape index (κ3) is 3.18. The van der Waals surface area contributed by atoms with Crippen molar-refractivity contribution in [2.75, 3.05) is 18.0 Å². The molecular formula is C17H21N3O. The predicted molar refractivity (Wildman–Crippen MR) is 81.9 cm³/mol. The molecule has 1 N–H and O–H groups in total. The summed E-state index contributed by atoms with van der Waals surface area (Å²) in [6.45, 7) is 1.92. The van der Waals surface area contributed by atoms with Gasteiger partial charge in [-0.3, -0.25) is 4.79 Å². The molecule has 1 aromatic rings. The fraction of sp³-hybridized carbons (Fsp3) is 0.529. The highest BCUT2D eigenvalue weighted by molar-refractivity contribution is 5.79. The zero-order valence-corrected chi connectivity index (χ0v) is 12.2. The monoisotopic (exact) mass is 283 g/mol. The summed E-state index contributed by atoms with van der Waals surface area (Å²) in [5.41, 5.74) is 1.86. The second kappa shape index (κ2) is 6.17. The molecule has 2 aliphatic rings. The van der Waals surface area contributed by atoms with E-state index < -0.39 is 0 Å². The van der Waals surface area contributed by atoms with Crippen molar-refractivity contribution in [2.24, 2.45) is 5.92 Å². The minimum atomic E-state index is 0.262. The van der Waals surface area contributed by atoms with Gasteiger partial charge in [0.05, 0.1) is 11.6 Å². The number of hydrogen-bond donors (Lipinski definition) is 1. The summed E-state index contributed by atoms with van der Waals surface area (Å²) in [5.74, 6) is 0.541. The van der Waals surface area contributed by atoms with Crippen molar-refractivity contribution in [1.82, 2.24) is 5.32 Å². The highest BCUT2D eigenvalue weighted by Gasteiger charge is 2.28. The van der Waals surface area contributed by atoms with Crippen LogP contribution in [0.5, 0.6) is 0 Å². The topological polar surface area (TPSA) is 56.1 Å². The second-order valence-corrected chi connectivity index (χ2v) is 6.06. The first-order valence-corrected chi connectivity index (χ1v) is 7.82. The molecule has 1 amide bonds. The van der Waals surface area contributed by atoms with Gasteiger partial charge in [0.1, 0.15) is 0 Å². The Morgan fingerprint density at radius 3 is 2.33 bits per heavy atom. The molecule has 1 aliphatic heterocycles. The van der Waals surface area contributed by atoms with Crippen molar-refractivity contribution in [2.45, 2.75) is 38.1 Å². The zero-order chi connectivity index (χ0) is 14.7. The van der Waals surface area contributed by atoms with E-state index in [-0.39, 0.29) is 11.8 Å². The van der Waals surface area contributed by atoms with Crippen molar-refractivity contribution in [3.05, 3.63) is 29.8 Å². The van der Waals surface area contributed by atoms with Crippen molar-refractivity contribution in [1.29, 1.82) is 5.26 Å². The number of carbonyl (C=O) groups excluding carboxylic acids is 1. The van der Waals surface area contributed by atoms with E-state index in [0.29, 0.717) is 11.6 Å². The third-order valence-corrected chi connectivity index (χ3v) is 4.68. The molecule has 1 heterocycles. The molecule has 3 rings (SSSR count). The minimum Gasteiger partial charge on any atom is -0.371 e. The van der Waals surface area contributed by atoms with Crippen LogP contribution in [-0.2, 0) is 4.79 Å². The van der Waals surface area contributed by atoms with Crippen molar-refractivity contribution in [3.8, 4) is 6.07 Å². The van der Waals surface area contributed by atoms with Crippen LogP contribution in [-0.4, -0.2) is 25.0 Å². The predicted octanol–water partition coefficient (Wildman–Crippen LogP) is 2.44. The van der Waals surface area contributed by atoms with Gasteiger partial charge in [0.15, 0.2) is 0 Å². The standard InChI is InChI=1S/C17H21N3O/c18-12-13-4-6-16(7-5-13)20-10-8-15(9-11-20)19-17(21)14-2-1-3-14/h4-7,14-15H,1-3,8-11H2,(H,19,21). The van der Waals surface area contributed by atoms with E-state index in [9.17, 15) is 4.79 Å². The minimum absolute atomic E-state index is 0.262. The fourth-order valence-electron chi connectivity index (χ4n) is 3.02. The van der Waals surface area contributed by atoms with E-state index in [1.54, 1.807) is 0 Å². The van der Waals surface area contributed by atoms with Gasteiger partial charge < -0.3 is 10.2 Å².